The number of carbonyl (C=O) groups is 2. The van der Waals surface area contributed by atoms with Crippen LogP contribution in [0.2, 0.25) is 0 Å². The van der Waals surface area contributed by atoms with Crippen LogP contribution in [0.3, 0.4) is 0 Å². The molecule has 3 rings (SSSR count). The van der Waals surface area contributed by atoms with Crippen molar-refractivity contribution in [1.82, 2.24) is 35.3 Å². The first-order valence-electron chi connectivity index (χ1n) is 8.69. The molecule has 1 aromatic heterocycles. The summed E-state index contributed by atoms with van der Waals surface area (Å²) in [7, 11) is 3.41. The smallest absolute Gasteiger partial charge is 0.251 e. The second-order valence-corrected chi connectivity index (χ2v) is 6.76. The van der Waals surface area contributed by atoms with Crippen LogP contribution >= 0.6 is 0 Å². The molecule has 2 heterocycles. The van der Waals surface area contributed by atoms with Crippen molar-refractivity contribution in [3.63, 3.8) is 0 Å². The summed E-state index contributed by atoms with van der Waals surface area (Å²) in [5.74, 6) is -0.257. The van der Waals surface area contributed by atoms with Gasteiger partial charge in [-0.3, -0.25) is 14.5 Å². The minimum atomic E-state index is -0.724. The summed E-state index contributed by atoms with van der Waals surface area (Å²) in [5, 5.41) is 24.2. The van der Waals surface area contributed by atoms with Crippen molar-refractivity contribution in [3.05, 3.63) is 36.2 Å². The number of hydrogen-bond acceptors (Lipinski definition) is 7. The lowest BCUT2D eigenvalue weighted by Crippen LogP contribution is -2.55. The van der Waals surface area contributed by atoms with Crippen molar-refractivity contribution in [3.8, 4) is 5.69 Å². The second-order valence-electron chi connectivity index (χ2n) is 6.76. The lowest BCUT2D eigenvalue weighted by atomic mass is 10.0. The van der Waals surface area contributed by atoms with Crippen molar-refractivity contribution < 1.29 is 14.7 Å². The molecule has 10 nitrogen and oxygen atoms in total. The van der Waals surface area contributed by atoms with Crippen LogP contribution < -0.4 is 5.32 Å². The molecule has 0 radical (unpaired) electrons. The van der Waals surface area contributed by atoms with Gasteiger partial charge < -0.3 is 15.3 Å². The number of likely N-dealkylation sites (N-methyl/N-ethyl adjacent to an activating group) is 1. The van der Waals surface area contributed by atoms with Crippen molar-refractivity contribution in [2.75, 3.05) is 33.7 Å². The first kappa shape index (κ1) is 18.9. The molecule has 0 bridgehead atoms. The summed E-state index contributed by atoms with van der Waals surface area (Å²) in [5.41, 5.74) is 1.24. The maximum atomic E-state index is 12.5. The number of rotatable bonds is 5. The van der Waals surface area contributed by atoms with Gasteiger partial charge in [0.25, 0.3) is 5.91 Å². The van der Waals surface area contributed by atoms with Crippen LogP contribution in [0.25, 0.3) is 5.69 Å². The van der Waals surface area contributed by atoms with E-state index in [9.17, 15) is 14.7 Å². The maximum Gasteiger partial charge on any atom is 0.251 e. The molecular weight excluding hydrogens is 350 g/mol. The number of nitrogens with zero attached hydrogens (tertiary/aromatic N) is 6. The van der Waals surface area contributed by atoms with Gasteiger partial charge >= 0.3 is 0 Å². The summed E-state index contributed by atoms with van der Waals surface area (Å²) >= 11 is 0. The number of tetrazole rings is 1. The predicted octanol–water partition coefficient (Wildman–Crippen LogP) is -1.08. The first-order chi connectivity index (χ1) is 12.9. The van der Waals surface area contributed by atoms with Gasteiger partial charge in [-0.05, 0) is 41.1 Å². The molecule has 2 N–H and O–H groups in total. The van der Waals surface area contributed by atoms with Crippen LogP contribution in [0, 0.1) is 0 Å². The molecule has 144 valence electrons. The maximum absolute atomic E-state index is 12.5. The number of aromatic nitrogens is 4. The Kier molecular flexibility index (Phi) is 5.77. The highest BCUT2D eigenvalue weighted by Crippen LogP contribution is 2.13. The highest BCUT2D eigenvalue weighted by atomic mass is 16.3. The first-order valence-corrected chi connectivity index (χ1v) is 8.69. The molecule has 1 aliphatic heterocycles. The number of carbonyl (C=O) groups excluding carboxylic acids is 2. The zero-order valence-electron chi connectivity index (χ0n) is 15.3. The van der Waals surface area contributed by atoms with E-state index in [2.05, 4.69) is 20.8 Å². The SMILES string of the molecule is CN(C)C(=O)CN1CC[C@@H](NC(=O)c2ccc(-n3cnnn3)cc2)[C@H](O)C1. The summed E-state index contributed by atoms with van der Waals surface area (Å²) in [4.78, 5) is 27.7. The zero-order valence-corrected chi connectivity index (χ0v) is 15.3. The minimum absolute atomic E-state index is 0.00708. The van der Waals surface area contributed by atoms with E-state index >= 15 is 0 Å². The molecular formula is C17H23N7O3. The summed E-state index contributed by atoms with van der Waals surface area (Å²) in [6, 6.07) is 6.52. The summed E-state index contributed by atoms with van der Waals surface area (Å²) in [6.45, 7) is 1.26. The van der Waals surface area contributed by atoms with Gasteiger partial charge in [0, 0.05) is 32.7 Å². The van der Waals surface area contributed by atoms with Crippen LogP contribution in [-0.2, 0) is 4.79 Å². The Balaban J connectivity index is 1.54. The third kappa shape index (κ3) is 4.66. The van der Waals surface area contributed by atoms with E-state index in [0.717, 1.165) is 5.69 Å². The van der Waals surface area contributed by atoms with Gasteiger partial charge in [0.2, 0.25) is 5.91 Å². The average molecular weight is 373 g/mol. The summed E-state index contributed by atoms with van der Waals surface area (Å²) in [6.07, 6.45) is 1.33. The fourth-order valence-corrected chi connectivity index (χ4v) is 2.94. The fraction of sp³-hybridized carbons (Fsp3) is 0.471. The van der Waals surface area contributed by atoms with E-state index < -0.39 is 6.10 Å². The molecule has 0 unspecified atom stereocenters. The Hall–Kier alpha value is -2.85. The van der Waals surface area contributed by atoms with Gasteiger partial charge in [-0.15, -0.1) is 5.10 Å². The molecule has 1 fully saturated rings. The van der Waals surface area contributed by atoms with Crippen LogP contribution in [0.4, 0.5) is 0 Å². The molecule has 1 aliphatic rings. The predicted molar refractivity (Wildman–Crippen MR) is 96.2 cm³/mol. The Morgan fingerprint density at radius 2 is 2.04 bits per heavy atom. The molecule has 0 saturated carbocycles. The van der Waals surface area contributed by atoms with E-state index in [0.29, 0.717) is 25.1 Å². The summed E-state index contributed by atoms with van der Waals surface area (Å²) < 4.78 is 1.50. The zero-order chi connectivity index (χ0) is 19.4. The molecule has 2 atom stereocenters. The van der Waals surface area contributed by atoms with Gasteiger partial charge in [-0.2, -0.15) is 0 Å². The normalized spacial score (nSPS) is 20.3. The lowest BCUT2D eigenvalue weighted by Gasteiger charge is -2.36. The van der Waals surface area contributed by atoms with Crippen LogP contribution in [-0.4, -0.2) is 92.8 Å². The van der Waals surface area contributed by atoms with Gasteiger partial charge in [0.05, 0.1) is 24.4 Å². The number of benzene rings is 1. The van der Waals surface area contributed by atoms with E-state index in [4.69, 9.17) is 0 Å². The lowest BCUT2D eigenvalue weighted by molar-refractivity contribution is -0.130. The van der Waals surface area contributed by atoms with Crippen molar-refractivity contribution >= 4 is 11.8 Å². The second kappa shape index (κ2) is 8.23. The van der Waals surface area contributed by atoms with E-state index in [1.54, 1.807) is 38.4 Å². The number of piperidine rings is 1. The van der Waals surface area contributed by atoms with Crippen LogP contribution in [0.15, 0.2) is 30.6 Å². The molecule has 0 aliphatic carbocycles. The Bertz CT molecular complexity index is 776. The van der Waals surface area contributed by atoms with Gasteiger partial charge in [-0.1, -0.05) is 0 Å². The minimum Gasteiger partial charge on any atom is -0.390 e. The molecule has 2 aromatic rings. The number of β-amino-alcohol motifs (C(OH)–C–C–N with tert-alkyl or cyclic N) is 1. The fourth-order valence-electron chi connectivity index (χ4n) is 2.94. The monoisotopic (exact) mass is 373 g/mol. The third-order valence-electron chi connectivity index (χ3n) is 4.58. The highest BCUT2D eigenvalue weighted by molar-refractivity contribution is 5.94. The van der Waals surface area contributed by atoms with Crippen LogP contribution in [0.5, 0.6) is 0 Å². The van der Waals surface area contributed by atoms with Crippen molar-refractivity contribution in [1.29, 1.82) is 0 Å². The Morgan fingerprint density at radius 1 is 1.30 bits per heavy atom. The third-order valence-corrected chi connectivity index (χ3v) is 4.58. The molecule has 2 amide bonds. The van der Waals surface area contributed by atoms with Crippen LogP contribution in [0.1, 0.15) is 16.8 Å². The topological polar surface area (TPSA) is 116 Å². The molecule has 10 heteroatoms. The number of likely N-dealkylation sites (tertiary alicyclic amines) is 1. The highest BCUT2D eigenvalue weighted by Gasteiger charge is 2.30. The molecule has 1 aromatic carbocycles. The largest absolute Gasteiger partial charge is 0.390 e. The number of hydrogen-bond donors (Lipinski definition) is 2. The van der Waals surface area contributed by atoms with E-state index in [-0.39, 0.29) is 24.4 Å². The molecule has 0 spiro atoms. The van der Waals surface area contributed by atoms with Gasteiger partial charge in [-0.25, -0.2) is 4.68 Å². The quantitative estimate of drug-likeness (QED) is 0.684. The van der Waals surface area contributed by atoms with Crippen molar-refractivity contribution in [2.45, 2.75) is 18.6 Å². The number of amides is 2. The average Bonchev–Trinajstić information content (AvgIpc) is 3.18. The number of aliphatic hydroxyl groups is 1. The van der Waals surface area contributed by atoms with E-state index in [1.807, 2.05) is 4.90 Å². The number of nitrogens with one attached hydrogen (secondary N) is 1. The van der Waals surface area contributed by atoms with Gasteiger partial charge in [0.15, 0.2) is 0 Å². The molecule has 1 saturated heterocycles. The standard InChI is InChI=1S/C17H23N7O3/c1-22(2)16(26)10-23-8-7-14(15(25)9-23)19-17(27)12-3-5-13(6-4-12)24-11-18-20-21-24/h3-6,11,14-15,25H,7-10H2,1-2H3,(H,19,27)/t14-,15-/m1/s1. The van der Waals surface area contributed by atoms with Crippen molar-refractivity contribution in [2.24, 2.45) is 0 Å². The Labute approximate surface area is 156 Å². The van der Waals surface area contributed by atoms with Gasteiger partial charge in [0.1, 0.15) is 6.33 Å². The Morgan fingerprint density at radius 3 is 2.63 bits per heavy atom. The number of aliphatic hydroxyl groups excluding tert-OH is 1. The molecule has 27 heavy (non-hydrogen) atoms. The van der Waals surface area contributed by atoms with E-state index in [1.165, 1.54) is 15.9 Å².